The lowest BCUT2D eigenvalue weighted by molar-refractivity contribution is -0.123. The van der Waals surface area contributed by atoms with Crippen LogP contribution >= 0.6 is 0 Å². The summed E-state index contributed by atoms with van der Waals surface area (Å²) in [7, 11) is 0. The Labute approximate surface area is 105 Å². The van der Waals surface area contributed by atoms with E-state index >= 15 is 0 Å². The van der Waals surface area contributed by atoms with Gasteiger partial charge in [0.05, 0.1) is 0 Å². The second-order valence-electron chi connectivity index (χ2n) is 5.29. The SMILES string of the molecule is CCC(C)CCCCNC(=O)C1N=CCC1C. The van der Waals surface area contributed by atoms with Gasteiger partial charge in [-0.15, -0.1) is 0 Å². The summed E-state index contributed by atoms with van der Waals surface area (Å²) in [6.45, 7) is 7.40. The first-order chi connectivity index (χ1) is 8.15. The number of unbranched alkanes of at least 4 members (excludes halogenated alkanes) is 1. The Balaban J connectivity index is 2.06. The molecular weight excluding hydrogens is 212 g/mol. The lowest BCUT2D eigenvalue weighted by Crippen LogP contribution is -2.36. The minimum absolute atomic E-state index is 0.106. The summed E-state index contributed by atoms with van der Waals surface area (Å²) in [6.07, 6.45) is 7.62. The molecule has 0 aromatic rings. The lowest BCUT2D eigenvalue weighted by atomic mass is 10.0. The smallest absolute Gasteiger partial charge is 0.245 e. The van der Waals surface area contributed by atoms with E-state index in [1.807, 2.05) is 6.21 Å². The molecular formula is C14H26N2O. The molecule has 1 rings (SSSR count). The fraction of sp³-hybridized carbons (Fsp3) is 0.857. The van der Waals surface area contributed by atoms with E-state index in [0.717, 1.165) is 25.3 Å². The van der Waals surface area contributed by atoms with Gasteiger partial charge >= 0.3 is 0 Å². The van der Waals surface area contributed by atoms with E-state index in [2.05, 4.69) is 31.1 Å². The minimum atomic E-state index is -0.135. The average molecular weight is 238 g/mol. The van der Waals surface area contributed by atoms with E-state index in [4.69, 9.17) is 0 Å². The van der Waals surface area contributed by atoms with Crippen LogP contribution in [0, 0.1) is 11.8 Å². The van der Waals surface area contributed by atoms with Gasteiger partial charge in [0.25, 0.3) is 0 Å². The van der Waals surface area contributed by atoms with Crippen LogP contribution in [-0.2, 0) is 4.79 Å². The first-order valence-electron chi connectivity index (χ1n) is 6.94. The zero-order valence-electron chi connectivity index (χ0n) is 11.4. The monoisotopic (exact) mass is 238 g/mol. The zero-order chi connectivity index (χ0) is 12.7. The molecule has 0 aromatic heterocycles. The lowest BCUT2D eigenvalue weighted by Gasteiger charge is -2.13. The summed E-state index contributed by atoms with van der Waals surface area (Å²) in [5, 5.41) is 2.99. The Bertz CT molecular complexity index is 263. The van der Waals surface area contributed by atoms with Gasteiger partial charge in [-0.1, -0.05) is 40.0 Å². The summed E-state index contributed by atoms with van der Waals surface area (Å²) in [6, 6.07) is -0.135. The first kappa shape index (κ1) is 14.2. The molecule has 1 heterocycles. The first-order valence-corrected chi connectivity index (χ1v) is 6.94. The molecule has 0 bridgehead atoms. The van der Waals surface area contributed by atoms with Gasteiger partial charge in [-0.2, -0.15) is 0 Å². The number of amides is 1. The molecule has 0 radical (unpaired) electrons. The van der Waals surface area contributed by atoms with Crippen LogP contribution in [0.3, 0.4) is 0 Å². The van der Waals surface area contributed by atoms with E-state index in [-0.39, 0.29) is 11.9 Å². The number of hydrogen-bond acceptors (Lipinski definition) is 2. The molecule has 1 aliphatic rings. The van der Waals surface area contributed by atoms with Crippen LogP contribution in [0.2, 0.25) is 0 Å². The quantitative estimate of drug-likeness (QED) is 0.681. The van der Waals surface area contributed by atoms with E-state index < -0.39 is 0 Å². The molecule has 3 nitrogen and oxygen atoms in total. The predicted octanol–water partition coefficient (Wildman–Crippen LogP) is 2.80. The van der Waals surface area contributed by atoms with Crippen molar-refractivity contribution in [3.8, 4) is 0 Å². The van der Waals surface area contributed by atoms with Crippen molar-refractivity contribution in [1.82, 2.24) is 5.32 Å². The molecule has 0 saturated carbocycles. The second-order valence-corrected chi connectivity index (χ2v) is 5.29. The third-order valence-corrected chi connectivity index (χ3v) is 3.67. The van der Waals surface area contributed by atoms with Crippen molar-refractivity contribution in [2.24, 2.45) is 16.8 Å². The highest BCUT2D eigenvalue weighted by Crippen LogP contribution is 2.16. The molecule has 3 heteroatoms. The summed E-state index contributed by atoms with van der Waals surface area (Å²) < 4.78 is 0. The highest BCUT2D eigenvalue weighted by atomic mass is 16.2. The number of nitrogens with zero attached hydrogens (tertiary/aromatic N) is 1. The van der Waals surface area contributed by atoms with Crippen molar-refractivity contribution in [3.63, 3.8) is 0 Å². The van der Waals surface area contributed by atoms with Crippen LogP contribution in [0.25, 0.3) is 0 Å². The minimum Gasteiger partial charge on any atom is -0.354 e. The van der Waals surface area contributed by atoms with E-state index in [9.17, 15) is 4.79 Å². The molecule has 17 heavy (non-hydrogen) atoms. The van der Waals surface area contributed by atoms with E-state index in [0.29, 0.717) is 5.92 Å². The third-order valence-electron chi connectivity index (χ3n) is 3.67. The van der Waals surface area contributed by atoms with Crippen LogP contribution in [-0.4, -0.2) is 24.7 Å². The molecule has 1 aliphatic heterocycles. The second kappa shape index (κ2) is 7.46. The zero-order valence-corrected chi connectivity index (χ0v) is 11.4. The van der Waals surface area contributed by atoms with Crippen molar-refractivity contribution in [2.75, 3.05) is 6.54 Å². The topological polar surface area (TPSA) is 41.5 Å². The van der Waals surface area contributed by atoms with Gasteiger partial charge in [0.1, 0.15) is 6.04 Å². The molecule has 0 aromatic carbocycles. The fourth-order valence-corrected chi connectivity index (χ4v) is 2.08. The maximum atomic E-state index is 11.8. The van der Waals surface area contributed by atoms with Gasteiger partial charge in [-0.05, 0) is 24.7 Å². The largest absolute Gasteiger partial charge is 0.354 e. The van der Waals surface area contributed by atoms with Gasteiger partial charge in [-0.25, -0.2) is 0 Å². The normalized spacial score (nSPS) is 24.9. The molecule has 1 amide bonds. The maximum absolute atomic E-state index is 11.8. The molecule has 98 valence electrons. The van der Waals surface area contributed by atoms with E-state index in [1.165, 1.54) is 19.3 Å². The summed E-state index contributed by atoms with van der Waals surface area (Å²) in [5.41, 5.74) is 0. The van der Waals surface area contributed by atoms with Crippen molar-refractivity contribution in [1.29, 1.82) is 0 Å². The van der Waals surface area contributed by atoms with Gasteiger partial charge in [0.2, 0.25) is 5.91 Å². The van der Waals surface area contributed by atoms with Crippen LogP contribution in [0.15, 0.2) is 4.99 Å². The molecule has 0 fully saturated rings. The Morgan fingerprint density at radius 2 is 2.29 bits per heavy atom. The standard InChI is InChI=1S/C14H26N2O/c1-4-11(2)7-5-6-9-16-14(17)13-12(3)8-10-15-13/h10-13H,4-9H2,1-3H3,(H,16,17). The van der Waals surface area contributed by atoms with Crippen molar-refractivity contribution < 1.29 is 4.79 Å². The third kappa shape index (κ3) is 4.88. The number of aliphatic imine (C=N–C) groups is 1. The predicted molar refractivity (Wildman–Crippen MR) is 72.4 cm³/mol. The number of carbonyl (C=O) groups excluding carboxylic acids is 1. The van der Waals surface area contributed by atoms with E-state index in [1.54, 1.807) is 0 Å². The molecule has 0 saturated heterocycles. The van der Waals surface area contributed by atoms with Crippen LogP contribution in [0.4, 0.5) is 0 Å². The molecule has 3 unspecified atom stereocenters. The van der Waals surface area contributed by atoms with Crippen molar-refractivity contribution >= 4 is 12.1 Å². The van der Waals surface area contributed by atoms with Gasteiger partial charge in [0, 0.05) is 12.8 Å². The van der Waals surface area contributed by atoms with Crippen LogP contribution < -0.4 is 5.32 Å². The van der Waals surface area contributed by atoms with Gasteiger partial charge in [-0.3, -0.25) is 9.79 Å². The average Bonchev–Trinajstić information content (AvgIpc) is 2.74. The van der Waals surface area contributed by atoms with Crippen molar-refractivity contribution in [2.45, 2.75) is 58.9 Å². The Morgan fingerprint density at radius 1 is 1.53 bits per heavy atom. The number of hydrogen-bond donors (Lipinski definition) is 1. The summed E-state index contributed by atoms with van der Waals surface area (Å²) >= 11 is 0. The van der Waals surface area contributed by atoms with Crippen molar-refractivity contribution in [3.05, 3.63) is 0 Å². The number of carbonyl (C=O) groups is 1. The highest BCUT2D eigenvalue weighted by Gasteiger charge is 2.26. The summed E-state index contributed by atoms with van der Waals surface area (Å²) in [5.74, 6) is 1.29. The molecule has 0 aliphatic carbocycles. The Morgan fingerprint density at radius 3 is 2.88 bits per heavy atom. The Hall–Kier alpha value is -0.860. The van der Waals surface area contributed by atoms with Crippen LogP contribution in [0.1, 0.15) is 52.9 Å². The molecule has 1 N–H and O–H groups in total. The fourth-order valence-electron chi connectivity index (χ4n) is 2.08. The van der Waals surface area contributed by atoms with Gasteiger partial charge in [0.15, 0.2) is 0 Å². The number of nitrogens with one attached hydrogen (secondary N) is 1. The summed E-state index contributed by atoms with van der Waals surface area (Å²) in [4.78, 5) is 16.0. The number of rotatable bonds is 7. The molecule has 3 atom stereocenters. The highest BCUT2D eigenvalue weighted by molar-refractivity contribution is 5.85. The van der Waals surface area contributed by atoms with Crippen LogP contribution in [0.5, 0.6) is 0 Å². The van der Waals surface area contributed by atoms with Gasteiger partial charge < -0.3 is 5.32 Å². The molecule has 0 spiro atoms. The maximum Gasteiger partial charge on any atom is 0.245 e. The Kier molecular flexibility index (Phi) is 6.23.